The van der Waals surface area contributed by atoms with E-state index in [4.69, 9.17) is 9.26 Å². The van der Waals surface area contributed by atoms with Crippen LogP contribution in [-0.4, -0.2) is 39.9 Å². The highest BCUT2D eigenvalue weighted by Crippen LogP contribution is 2.18. The van der Waals surface area contributed by atoms with Gasteiger partial charge in [-0.05, 0) is 38.3 Å². The molecule has 7 heteroatoms. The number of aromatic nitrogens is 3. The molecule has 1 unspecified atom stereocenters. The van der Waals surface area contributed by atoms with Gasteiger partial charge in [0.2, 0.25) is 0 Å². The van der Waals surface area contributed by atoms with E-state index in [9.17, 15) is 4.79 Å². The predicted molar refractivity (Wildman–Crippen MR) is 96.0 cm³/mol. The van der Waals surface area contributed by atoms with Crippen LogP contribution >= 0.6 is 0 Å². The van der Waals surface area contributed by atoms with Gasteiger partial charge in [0.25, 0.3) is 5.91 Å². The molecule has 7 nitrogen and oxygen atoms in total. The Morgan fingerprint density at radius 3 is 3.08 bits per heavy atom. The van der Waals surface area contributed by atoms with E-state index in [-0.39, 0.29) is 17.7 Å². The largest absolute Gasteiger partial charge is 0.376 e. The van der Waals surface area contributed by atoms with Crippen molar-refractivity contribution in [3.8, 4) is 0 Å². The van der Waals surface area contributed by atoms with Gasteiger partial charge in [-0.2, -0.15) is 0 Å². The third-order valence-electron chi connectivity index (χ3n) is 4.72. The number of fused-ring (bicyclic) bond motifs is 1. The molecule has 0 bridgehead atoms. The van der Waals surface area contributed by atoms with Gasteiger partial charge in [0.15, 0.2) is 11.5 Å². The summed E-state index contributed by atoms with van der Waals surface area (Å²) in [6, 6.07) is 9.62. The van der Waals surface area contributed by atoms with Gasteiger partial charge in [0, 0.05) is 19.2 Å². The second-order valence-corrected chi connectivity index (χ2v) is 6.61. The van der Waals surface area contributed by atoms with Crippen molar-refractivity contribution in [3.63, 3.8) is 0 Å². The lowest BCUT2D eigenvalue weighted by Crippen LogP contribution is -2.35. The van der Waals surface area contributed by atoms with E-state index in [2.05, 4.69) is 15.5 Å². The van der Waals surface area contributed by atoms with Crippen molar-refractivity contribution in [3.05, 3.63) is 47.6 Å². The Labute approximate surface area is 151 Å². The van der Waals surface area contributed by atoms with Crippen molar-refractivity contribution in [2.45, 2.75) is 38.8 Å². The SMILES string of the molecule is Cc1nc2ccccc2n1Cc1cc(C(=O)NCC2CCCCO2)no1. The van der Waals surface area contributed by atoms with E-state index >= 15 is 0 Å². The fourth-order valence-electron chi connectivity index (χ4n) is 3.31. The Bertz CT molecular complexity index is 909. The van der Waals surface area contributed by atoms with Gasteiger partial charge in [-0.25, -0.2) is 4.98 Å². The molecule has 4 rings (SSSR count). The first-order chi connectivity index (χ1) is 12.7. The molecule has 0 saturated carbocycles. The summed E-state index contributed by atoms with van der Waals surface area (Å²) in [5.41, 5.74) is 2.26. The zero-order valence-electron chi connectivity index (χ0n) is 14.8. The Morgan fingerprint density at radius 1 is 1.35 bits per heavy atom. The van der Waals surface area contributed by atoms with Crippen molar-refractivity contribution in [2.75, 3.05) is 13.2 Å². The molecule has 1 N–H and O–H groups in total. The third-order valence-corrected chi connectivity index (χ3v) is 4.72. The minimum Gasteiger partial charge on any atom is -0.376 e. The topological polar surface area (TPSA) is 82.2 Å². The Balaban J connectivity index is 1.42. The van der Waals surface area contributed by atoms with Crippen LogP contribution in [0.5, 0.6) is 0 Å². The van der Waals surface area contributed by atoms with Gasteiger partial charge < -0.3 is 19.1 Å². The number of imidazole rings is 1. The zero-order valence-corrected chi connectivity index (χ0v) is 14.8. The maximum atomic E-state index is 12.3. The first-order valence-electron chi connectivity index (χ1n) is 8.98. The van der Waals surface area contributed by atoms with Crippen LogP contribution in [0.1, 0.15) is 41.3 Å². The zero-order chi connectivity index (χ0) is 17.9. The third kappa shape index (κ3) is 3.48. The van der Waals surface area contributed by atoms with Gasteiger partial charge in [0.1, 0.15) is 5.82 Å². The number of hydrogen-bond acceptors (Lipinski definition) is 5. The number of aryl methyl sites for hydroxylation is 1. The van der Waals surface area contributed by atoms with E-state index < -0.39 is 0 Å². The molecule has 26 heavy (non-hydrogen) atoms. The smallest absolute Gasteiger partial charge is 0.273 e. The van der Waals surface area contributed by atoms with Crippen molar-refractivity contribution in [1.29, 1.82) is 0 Å². The number of hydrogen-bond donors (Lipinski definition) is 1. The fraction of sp³-hybridized carbons (Fsp3) is 0.421. The first-order valence-corrected chi connectivity index (χ1v) is 8.98. The van der Waals surface area contributed by atoms with Crippen LogP contribution in [0.4, 0.5) is 0 Å². The number of nitrogens with one attached hydrogen (secondary N) is 1. The molecular formula is C19H22N4O3. The average molecular weight is 354 g/mol. The molecule has 1 aliphatic rings. The number of nitrogens with zero attached hydrogens (tertiary/aromatic N) is 3. The van der Waals surface area contributed by atoms with Crippen molar-refractivity contribution >= 4 is 16.9 Å². The van der Waals surface area contributed by atoms with Gasteiger partial charge in [-0.3, -0.25) is 4.79 Å². The van der Waals surface area contributed by atoms with Crippen LogP contribution in [0.2, 0.25) is 0 Å². The van der Waals surface area contributed by atoms with Crippen molar-refractivity contribution < 1.29 is 14.1 Å². The molecule has 2 aromatic heterocycles. The second kappa shape index (κ2) is 7.29. The summed E-state index contributed by atoms with van der Waals surface area (Å²) < 4.78 is 13.0. The summed E-state index contributed by atoms with van der Waals surface area (Å²) in [7, 11) is 0. The molecule has 3 aromatic rings. The van der Waals surface area contributed by atoms with Crippen LogP contribution in [0.15, 0.2) is 34.9 Å². The van der Waals surface area contributed by atoms with Crippen molar-refractivity contribution in [1.82, 2.24) is 20.0 Å². The van der Waals surface area contributed by atoms with E-state index in [0.717, 1.165) is 42.7 Å². The molecule has 136 valence electrons. The minimum atomic E-state index is -0.235. The summed E-state index contributed by atoms with van der Waals surface area (Å²) >= 11 is 0. The summed E-state index contributed by atoms with van der Waals surface area (Å²) in [5.74, 6) is 1.28. The molecule has 0 spiro atoms. The molecule has 1 atom stereocenters. The van der Waals surface area contributed by atoms with Gasteiger partial charge in [-0.1, -0.05) is 17.3 Å². The Kier molecular flexibility index (Phi) is 4.71. The molecule has 0 aliphatic carbocycles. The molecule has 1 fully saturated rings. The number of ether oxygens (including phenoxy) is 1. The molecule has 1 aromatic carbocycles. The Morgan fingerprint density at radius 2 is 2.23 bits per heavy atom. The first kappa shape index (κ1) is 16.8. The maximum absolute atomic E-state index is 12.3. The van der Waals surface area contributed by atoms with E-state index in [1.165, 1.54) is 0 Å². The van der Waals surface area contributed by atoms with Crippen molar-refractivity contribution in [2.24, 2.45) is 0 Å². The lowest BCUT2D eigenvalue weighted by atomic mass is 10.1. The highest BCUT2D eigenvalue weighted by Gasteiger charge is 2.18. The number of carbonyl (C=O) groups is 1. The minimum absolute atomic E-state index is 0.0963. The lowest BCUT2D eigenvalue weighted by molar-refractivity contribution is 0.0168. The standard InChI is InChI=1S/C19H22N4O3/c1-13-21-16-7-2-3-8-18(16)23(13)12-15-10-17(22-26-15)19(24)20-11-14-6-4-5-9-25-14/h2-3,7-8,10,14H,4-6,9,11-12H2,1H3,(H,20,24). The maximum Gasteiger partial charge on any atom is 0.273 e. The average Bonchev–Trinajstić information content (AvgIpc) is 3.26. The number of amides is 1. The molecule has 1 aliphatic heterocycles. The van der Waals surface area contributed by atoms with E-state index in [0.29, 0.717) is 18.8 Å². The normalized spacial score (nSPS) is 17.5. The second-order valence-electron chi connectivity index (χ2n) is 6.61. The van der Waals surface area contributed by atoms with Crippen LogP contribution in [0, 0.1) is 6.92 Å². The van der Waals surface area contributed by atoms with Crippen LogP contribution in [-0.2, 0) is 11.3 Å². The molecule has 0 radical (unpaired) electrons. The highest BCUT2D eigenvalue weighted by atomic mass is 16.5. The fourth-order valence-corrected chi connectivity index (χ4v) is 3.31. The van der Waals surface area contributed by atoms with Crippen LogP contribution in [0.3, 0.4) is 0 Å². The summed E-state index contributed by atoms with van der Waals surface area (Å²) in [5, 5.41) is 6.78. The number of benzene rings is 1. The van der Waals surface area contributed by atoms with Gasteiger partial charge >= 0.3 is 0 Å². The number of rotatable bonds is 5. The number of para-hydroxylation sites is 2. The van der Waals surface area contributed by atoms with E-state index in [1.807, 2.05) is 35.8 Å². The highest BCUT2D eigenvalue weighted by molar-refractivity contribution is 5.92. The molecule has 1 saturated heterocycles. The predicted octanol–water partition coefficient (Wildman–Crippen LogP) is 2.68. The number of carbonyl (C=O) groups excluding carboxylic acids is 1. The quantitative estimate of drug-likeness (QED) is 0.762. The van der Waals surface area contributed by atoms with Gasteiger partial charge in [-0.15, -0.1) is 0 Å². The Hall–Kier alpha value is -2.67. The van der Waals surface area contributed by atoms with Crippen LogP contribution < -0.4 is 5.32 Å². The lowest BCUT2D eigenvalue weighted by Gasteiger charge is -2.22. The molecule has 1 amide bonds. The summed E-state index contributed by atoms with van der Waals surface area (Å²) in [6.45, 7) is 3.71. The van der Waals surface area contributed by atoms with E-state index in [1.54, 1.807) is 6.07 Å². The summed E-state index contributed by atoms with van der Waals surface area (Å²) in [6.07, 6.45) is 3.32. The van der Waals surface area contributed by atoms with Gasteiger partial charge in [0.05, 0.1) is 23.7 Å². The van der Waals surface area contributed by atoms with Crippen LogP contribution in [0.25, 0.3) is 11.0 Å². The molecular weight excluding hydrogens is 332 g/mol. The summed E-state index contributed by atoms with van der Waals surface area (Å²) in [4.78, 5) is 16.8. The molecule has 3 heterocycles. The monoisotopic (exact) mass is 354 g/mol.